The number of hydrogen-bond donors (Lipinski definition) is 1. The third kappa shape index (κ3) is 2.06. The molecule has 0 radical (unpaired) electrons. The van der Waals surface area contributed by atoms with Gasteiger partial charge in [-0.1, -0.05) is 22.9 Å². The van der Waals surface area contributed by atoms with Crippen LogP contribution in [-0.2, 0) is 6.54 Å². The van der Waals surface area contributed by atoms with Crippen molar-refractivity contribution in [3.8, 4) is 0 Å². The van der Waals surface area contributed by atoms with E-state index >= 15 is 0 Å². The molecule has 6 heteroatoms. The van der Waals surface area contributed by atoms with Gasteiger partial charge in [-0.3, -0.25) is 0 Å². The average Bonchev–Trinajstić information content (AvgIpc) is 3.10. The predicted molar refractivity (Wildman–Crippen MR) is 66.9 cm³/mol. The van der Waals surface area contributed by atoms with Crippen LogP contribution in [0.5, 0.6) is 0 Å². The predicted octanol–water partition coefficient (Wildman–Crippen LogP) is 2.58. The monoisotopic (exact) mass is 266 g/mol. The van der Waals surface area contributed by atoms with Crippen molar-refractivity contribution in [2.45, 2.75) is 25.3 Å². The van der Waals surface area contributed by atoms with E-state index in [1.165, 1.54) is 6.07 Å². The van der Waals surface area contributed by atoms with Crippen LogP contribution in [0.4, 0.5) is 10.2 Å². The van der Waals surface area contributed by atoms with Gasteiger partial charge in [0.05, 0.1) is 17.3 Å². The molecule has 0 atom stereocenters. The van der Waals surface area contributed by atoms with E-state index in [9.17, 15) is 4.39 Å². The number of benzene rings is 1. The molecule has 0 unspecified atom stereocenters. The van der Waals surface area contributed by atoms with Gasteiger partial charge in [0.2, 0.25) is 0 Å². The molecular formula is C12H12ClFN4. The molecule has 1 saturated carbocycles. The van der Waals surface area contributed by atoms with Gasteiger partial charge in [-0.15, -0.1) is 5.10 Å². The molecule has 0 bridgehead atoms. The van der Waals surface area contributed by atoms with Gasteiger partial charge in [0, 0.05) is 5.92 Å². The summed E-state index contributed by atoms with van der Waals surface area (Å²) in [4.78, 5) is 0. The lowest BCUT2D eigenvalue weighted by molar-refractivity contribution is 0.611. The van der Waals surface area contributed by atoms with Crippen molar-refractivity contribution in [3.63, 3.8) is 0 Å². The standard InChI is InChI=1S/C12H12ClFN4/c13-9-5-7(1-4-10(9)14)6-18-11(8-2-3-8)12(15)16-17-18/h1,4-5,8H,2-3,6,15H2. The number of nitrogen functional groups attached to an aromatic ring is 1. The lowest BCUT2D eigenvalue weighted by Crippen LogP contribution is -2.06. The van der Waals surface area contributed by atoms with Crippen molar-refractivity contribution in [3.05, 3.63) is 40.3 Å². The van der Waals surface area contributed by atoms with Gasteiger partial charge in [0.25, 0.3) is 0 Å². The molecule has 1 aromatic carbocycles. The summed E-state index contributed by atoms with van der Waals surface area (Å²) in [6.07, 6.45) is 2.25. The summed E-state index contributed by atoms with van der Waals surface area (Å²) in [5.74, 6) is 0.544. The van der Waals surface area contributed by atoms with Crippen LogP contribution in [0.2, 0.25) is 5.02 Å². The van der Waals surface area contributed by atoms with Gasteiger partial charge < -0.3 is 5.73 Å². The van der Waals surface area contributed by atoms with Crippen molar-refractivity contribution in [1.29, 1.82) is 0 Å². The molecule has 0 saturated heterocycles. The minimum Gasteiger partial charge on any atom is -0.381 e. The van der Waals surface area contributed by atoms with E-state index in [-0.39, 0.29) is 5.02 Å². The Labute approximate surface area is 109 Å². The molecule has 0 amide bonds. The van der Waals surface area contributed by atoms with Gasteiger partial charge in [0.15, 0.2) is 5.82 Å². The highest BCUT2D eigenvalue weighted by Gasteiger charge is 2.30. The van der Waals surface area contributed by atoms with Crippen LogP contribution in [-0.4, -0.2) is 15.0 Å². The fourth-order valence-electron chi connectivity index (χ4n) is 2.04. The van der Waals surface area contributed by atoms with Crippen LogP contribution in [0.3, 0.4) is 0 Å². The topological polar surface area (TPSA) is 56.7 Å². The second-order valence-electron chi connectivity index (χ2n) is 4.54. The number of hydrogen-bond acceptors (Lipinski definition) is 3. The molecule has 4 nitrogen and oxygen atoms in total. The van der Waals surface area contributed by atoms with Crippen molar-refractivity contribution >= 4 is 17.4 Å². The number of rotatable bonds is 3. The Balaban J connectivity index is 1.89. The van der Waals surface area contributed by atoms with Crippen molar-refractivity contribution in [1.82, 2.24) is 15.0 Å². The smallest absolute Gasteiger partial charge is 0.169 e. The van der Waals surface area contributed by atoms with Gasteiger partial charge in [0.1, 0.15) is 5.82 Å². The molecular weight excluding hydrogens is 255 g/mol. The molecule has 2 aromatic rings. The van der Waals surface area contributed by atoms with Gasteiger partial charge in [-0.2, -0.15) is 0 Å². The maximum Gasteiger partial charge on any atom is 0.169 e. The maximum absolute atomic E-state index is 13.1. The highest BCUT2D eigenvalue weighted by molar-refractivity contribution is 6.30. The van der Waals surface area contributed by atoms with Gasteiger partial charge in [-0.25, -0.2) is 9.07 Å². The molecule has 1 fully saturated rings. The third-order valence-electron chi connectivity index (χ3n) is 3.08. The van der Waals surface area contributed by atoms with Crippen LogP contribution >= 0.6 is 11.6 Å². The van der Waals surface area contributed by atoms with Crippen molar-refractivity contribution < 1.29 is 4.39 Å². The zero-order chi connectivity index (χ0) is 12.7. The van der Waals surface area contributed by atoms with Crippen LogP contribution in [0.25, 0.3) is 0 Å². The lowest BCUT2D eigenvalue weighted by Gasteiger charge is -2.06. The fourth-order valence-corrected chi connectivity index (χ4v) is 2.24. The van der Waals surface area contributed by atoms with Crippen LogP contribution in [0.1, 0.15) is 30.0 Å². The summed E-state index contributed by atoms with van der Waals surface area (Å²) >= 11 is 5.75. The number of halogens is 2. The Morgan fingerprint density at radius 3 is 2.89 bits per heavy atom. The zero-order valence-electron chi connectivity index (χ0n) is 9.61. The molecule has 1 aromatic heterocycles. The van der Waals surface area contributed by atoms with Crippen LogP contribution in [0, 0.1) is 5.82 Å². The molecule has 3 rings (SSSR count). The molecule has 0 spiro atoms. The Kier molecular flexibility index (Phi) is 2.70. The zero-order valence-corrected chi connectivity index (χ0v) is 10.4. The normalized spacial score (nSPS) is 15.0. The van der Waals surface area contributed by atoms with E-state index in [1.54, 1.807) is 16.8 Å². The Hall–Kier alpha value is -1.62. The largest absolute Gasteiger partial charge is 0.381 e. The third-order valence-corrected chi connectivity index (χ3v) is 3.37. The van der Waals surface area contributed by atoms with Crippen LogP contribution in [0.15, 0.2) is 18.2 Å². The van der Waals surface area contributed by atoms with E-state index in [2.05, 4.69) is 10.3 Å². The molecule has 1 aliphatic carbocycles. The second kappa shape index (κ2) is 4.24. The number of nitrogens with two attached hydrogens (primary N) is 1. The van der Waals surface area contributed by atoms with E-state index in [0.717, 1.165) is 24.1 Å². The first-order valence-electron chi connectivity index (χ1n) is 5.78. The summed E-state index contributed by atoms with van der Waals surface area (Å²) in [5, 5.41) is 8.05. The van der Waals surface area contributed by atoms with E-state index in [0.29, 0.717) is 18.3 Å². The summed E-state index contributed by atoms with van der Waals surface area (Å²) in [5.41, 5.74) is 7.67. The average molecular weight is 267 g/mol. The minimum atomic E-state index is -0.416. The molecule has 18 heavy (non-hydrogen) atoms. The maximum atomic E-state index is 13.1. The summed E-state index contributed by atoms with van der Waals surface area (Å²) < 4.78 is 14.8. The lowest BCUT2D eigenvalue weighted by atomic mass is 10.2. The number of anilines is 1. The highest BCUT2D eigenvalue weighted by atomic mass is 35.5. The first kappa shape index (κ1) is 11.5. The quantitative estimate of drug-likeness (QED) is 0.929. The minimum absolute atomic E-state index is 0.119. The first-order chi connectivity index (χ1) is 8.65. The molecule has 2 N–H and O–H groups in total. The summed E-state index contributed by atoms with van der Waals surface area (Å²) in [6, 6.07) is 4.65. The van der Waals surface area contributed by atoms with E-state index in [1.807, 2.05) is 0 Å². The first-order valence-corrected chi connectivity index (χ1v) is 6.15. The van der Waals surface area contributed by atoms with Crippen molar-refractivity contribution in [2.75, 3.05) is 5.73 Å². The highest BCUT2D eigenvalue weighted by Crippen LogP contribution is 2.42. The van der Waals surface area contributed by atoms with Gasteiger partial charge in [-0.05, 0) is 30.5 Å². The summed E-state index contributed by atoms with van der Waals surface area (Å²) in [7, 11) is 0. The molecule has 1 heterocycles. The van der Waals surface area contributed by atoms with Crippen LogP contribution < -0.4 is 5.73 Å². The van der Waals surface area contributed by atoms with Gasteiger partial charge >= 0.3 is 0 Å². The number of aromatic nitrogens is 3. The molecule has 94 valence electrons. The summed E-state index contributed by atoms with van der Waals surface area (Å²) in [6.45, 7) is 0.510. The second-order valence-corrected chi connectivity index (χ2v) is 4.95. The fraction of sp³-hybridized carbons (Fsp3) is 0.333. The Morgan fingerprint density at radius 2 is 2.22 bits per heavy atom. The van der Waals surface area contributed by atoms with E-state index < -0.39 is 5.82 Å². The van der Waals surface area contributed by atoms with E-state index in [4.69, 9.17) is 17.3 Å². The Bertz CT molecular complexity index is 592. The SMILES string of the molecule is Nc1nnn(Cc2ccc(F)c(Cl)c2)c1C1CC1. The molecule has 0 aliphatic heterocycles. The Morgan fingerprint density at radius 1 is 1.44 bits per heavy atom. The molecule has 1 aliphatic rings. The number of nitrogens with zero attached hydrogens (tertiary/aromatic N) is 3. The van der Waals surface area contributed by atoms with Crippen molar-refractivity contribution in [2.24, 2.45) is 0 Å².